The molecule has 2 atom stereocenters. The Hall–Kier alpha value is -3.55. The summed E-state index contributed by atoms with van der Waals surface area (Å²) in [6, 6.07) is 0.610. The Labute approximate surface area is 216 Å². The summed E-state index contributed by atoms with van der Waals surface area (Å²) in [7, 11) is 0. The maximum absolute atomic E-state index is 12.8. The van der Waals surface area contributed by atoms with Crippen LogP contribution in [0.4, 0.5) is 13.2 Å². The minimum absolute atomic E-state index is 0.0449. The number of aryl methyl sites for hydroxylation is 1. The Morgan fingerprint density at radius 3 is 2.55 bits per heavy atom. The van der Waals surface area contributed by atoms with Crippen molar-refractivity contribution >= 4 is 17.5 Å². The zero-order valence-corrected chi connectivity index (χ0v) is 21.5. The molecule has 0 aliphatic heterocycles. The van der Waals surface area contributed by atoms with Crippen LogP contribution in [0.1, 0.15) is 86.0 Å². The van der Waals surface area contributed by atoms with Gasteiger partial charge in [-0.25, -0.2) is 14.1 Å². The molecule has 0 bridgehead atoms. The van der Waals surface area contributed by atoms with Crippen molar-refractivity contribution in [3.05, 3.63) is 41.1 Å². The van der Waals surface area contributed by atoms with E-state index < -0.39 is 48.5 Å². The van der Waals surface area contributed by atoms with Crippen molar-refractivity contribution in [1.82, 2.24) is 35.5 Å². The molecule has 1 aliphatic carbocycles. The second-order valence-electron chi connectivity index (χ2n) is 10.4. The summed E-state index contributed by atoms with van der Waals surface area (Å²) in [5, 5.41) is 17.2. The lowest BCUT2D eigenvalue weighted by Gasteiger charge is -2.24. The van der Waals surface area contributed by atoms with Crippen LogP contribution in [-0.4, -0.2) is 55.1 Å². The molecule has 0 saturated heterocycles. The number of aromatic nitrogens is 5. The molecule has 14 heteroatoms. The summed E-state index contributed by atoms with van der Waals surface area (Å²) < 4.78 is 49.7. The number of imidazole rings is 1. The molecule has 1 aliphatic rings. The normalized spacial score (nSPS) is 15.9. The SMILES string of the molecule is Cc1nonc1C(=O)N[C@@H](COC(C)(C)C)c1cn2ncc([C@H](NC(=O)CCC(F)(F)F)C3CC3)cc2n1. The van der Waals surface area contributed by atoms with E-state index in [9.17, 15) is 22.8 Å². The Bertz CT molecular complexity index is 1290. The molecule has 38 heavy (non-hydrogen) atoms. The molecule has 3 heterocycles. The van der Waals surface area contributed by atoms with Gasteiger partial charge in [0.2, 0.25) is 5.91 Å². The molecular weight excluding hydrogens is 507 g/mol. The lowest BCUT2D eigenvalue weighted by atomic mass is 10.0. The number of rotatable bonds is 10. The van der Waals surface area contributed by atoms with E-state index in [-0.39, 0.29) is 18.2 Å². The van der Waals surface area contributed by atoms with Gasteiger partial charge in [-0.1, -0.05) is 5.16 Å². The highest BCUT2D eigenvalue weighted by molar-refractivity contribution is 5.93. The number of halogens is 3. The van der Waals surface area contributed by atoms with Crippen LogP contribution in [0.15, 0.2) is 23.1 Å². The fourth-order valence-electron chi connectivity index (χ4n) is 3.85. The van der Waals surface area contributed by atoms with Gasteiger partial charge < -0.3 is 15.4 Å². The second kappa shape index (κ2) is 10.7. The topological polar surface area (TPSA) is 137 Å². The lowest BCUT2D eigenvalue weighted by Crippen LogP contribution is -2.35. The highest BCUT2D eigenvalue weighted by Gasteiger charge is 2.35. The van der Waals surface area contributed by atoms with Gasteiger partial charge in [0.25, 0.3) is 5.91 Å². The average Bonchev–Trinajstić information content (AvgIpc) is 3.43. The van der Waals surface area contributed by atoms with Crippen LogP contribution < -0.4 is 10.6 Å². The van der Waals surface area contributed by atoms with Crippen LogP contribution in [0, 0.1) is 12.8 Å². The van der Waals surface area contributed by atoms with Crippen molar-refractivity contribution in [1.29, 1.82) is 0 Å². The third-order valence-corrected chi connectivity index (χ3v) is 5.98. The number of hydrogen-bond acceptors (Lipinski definition) is 8. The zero-order chi connectivity index (χ0) is 27.7. The number of carbonyl (C=O) groups excluding carboxylic acids is 2. The van der Waals surface area contributed by atoms with Crippen molar-refractivity contribution in [2.45, 2.75) is 77.2 Å². The van der Waals surface area contributed by atoms with E-state index in [1.165, 1.54) is 4.52 Å². The van der Waals surface area contributed by atoms with Crippen molar-refractivity contribution in [2.75, 3.05) is 6.61 Å². The number of carbonyl (C=O) groups is 2. The summed E-state index contributed by atoms with van der Waals surface area (Å²) in [4.78, 5) is 29.6. The first-order valence-electron chi connectivity index (χ1n) is 12.2. The first kappa shape index (κ1) is 27.5. The maximum atomic E-state index is 12.8. The van der Waals surface area contributed by atoms with E-state index in [0.29, 0.717) is 22.6 Å². The van der Waals surface area contributed by atoms with Gasteiger partial charge >= 0.3 is 6.18 Å². The van der Waals surface area contributed by atoms with Gasteiger partial charge in [-0.3, -0.25) is 9.59 Å². The number of nitrogens with zero attached hydrogens (tertiary/aromatic N) is 5. The molecule has 0 radical (unpaired) electrons. The van der Waals surface area contributed by atoms with Crippen LogP contribution >= 0.6 is 0 Å². The minimum atomic E-state index is -4.40. The van der Waals surface area contributed by atoms with E-state index in [0.717, 1.165) is 12.8 Å². The number of ether oxygens (including phenoxy) is 1. The van der Waals surface area contributed by atoms with E-state index in [2.05, 4.69) is 35.7 Å². The molecule has 0 aromatic carbocycles. The molecule has 3 aromatic rings. The summed E-state index contributed by atoms with van der Waals surface area (Å²) in [6.45, 7) is 7.36. The van der Waals surface area contributed by atoms with Crippen molar-refractivity contribution in [2.24, 2.45) is 5.92 Å². The molecule has 0 unspecified atom stereocenters. The number of nitrogens with one attached hydrogen (secondary N) is 2. The number of fused-ring (bicyclic) bond motifs is 1. The van der Waals surface area contributed by atoms with Crippen molar-refractivity contribution < 1.29 is 32.1 Å². The van der Waals surface area contributed by atoms with Gasteiger partial charge in [-0.05, 0) is 63.2 Å². The lowest BCUT2D eigenvalue weighted by molar-refractivity contribution is -0.144. The van der Waals surface area contributed by atoms with E-state index >= 15 is 0 Å². The molecular formula is C24H30F3N7O4. The molecule has 3 aromatic heterocycles. The number of alkyl halides is 3. The van der Waals surface area contributed by atoms with Crippen LogP contribution in [0.5, 0.6) is 0 Å². The quantitative estimate of drug-likeness (QED) is 0.400. The largest absolute Gasteiger partial charge is 0.389 e. The molecule has 1 fully saturated rings. The number of hydrogen-bond donors (Lipinski definition) is 2. The molecule has 11 nitrogen and oxygen atoms in total. The molecule has 0 spiro atoms. The maximum Gasteiger partial charge on any atom is 0.389 e. The first-order valence-corrected chi connectivity index (χ1v) is 12.2. The molecule has 2 N–H and O–H groups in total. The van der Waals surface area contributed by atoms with Crippen molar-refractivity contribution in [3.8, 4) is 0 Å². The monoisotopic (exact) mass is 537 g/mol. The van der Waals surface area contributed by atoms with Crippen molar-refractivity contribution in [3.63, 3.8) is 0 Å². The Kier molecular flexibility index (Phi) is 7.72. The molecule has 4 rings (SSSR count). The molecule has 1 saturated carbocycles. The Morgan fingerprint density at radius 1 is 1.21 bits per heavy atom. The van der Waals surface area contributed by atoms with Crippen LogP contribution in [0.25, 0.3) is 5.65 Å². The van der Waals surface area contributed by atoms with Gasteiger partial charge in [0, 0.05) is 6.42 Å². The predicted octanol–water partition coefficient (Wildman–Crippen LogP) is 3.62. The van der Waals surface area contributed by atoms with E-state index in [1.54, 1.807) is 25.4 Å². The summed E-state index contributed by atoms with van der Waals surface area (Å²) >= 11 is 0. The summed E-state index contributed by atoms with van der Waals surface area (Å²) in [6.07, 6.45) is -1.29. The van der Waals surface area contributed by atoms with E-state index in [1.807, 2.05) is 20.8 Å². The standard InChI is InChI=1S/C24H30F3N7O4/c1-13-20(33-38-32-13)22(36)30-17(12-37-23(2,3)4)16-11-34-18(29-16)9-15(10-28-34)21(14-5-6-14)31-19(35)7-8-24(25,26)27/h9-11,14,17,21H,5-8,12H2,1-4H3,(H,30,36)(H,31,35)/t17-,21+/m0/s1. The van der Waals surface area contributed by atoms with Gasteiger partial charge in [0.15, 0.2) is 11.3 Å². The minimum Gasteiger partial charge on any atom is -0.373 e. The summed E-state index contributed by atoms with van der Waals surface area (Å²) in [5.74, 6) is -1.05. The third-order valence-electron chi connectivity index (χ3n) is 5.98. The van der Waals surface area contributed by atoms with Gasteiger partial charge in [-0.15, -0.1) is 0 Å². The van der Waals surface area contributed by atoms with Gasteiger partial charge in [0.05, 0.1) is 48.8 Å². The zero-order valence-electron chi connectivity index (χ0n) is 21.5. The summed E-state index contributed by atoms with van der Waals surface area (Å²) in [5.41, 5.74) is 1.46. The average molecular weight is 538 g/mol. The third kappa shape index (κ3) is 7.27. The highest BCUT2D eigenvalue weighted by Crippen LogP contribution is 2.41. The van der Waals surface area contributed by atoms with Crippen LogP contribution in [0.3, 0.4) is 0 Å². The Balaban J connectivity index is 1.55. The van der Waals surface area contributed by atoms with Crippen LogP contribution in [-0.2, 0) is 9.53 Å². The molecule has 206 valence electrons. The fourth-order valence-corrected chi connectivity index (χ4v) is 3.85. The highest BCUT2D eigenvalue weighted by atomic mass is 19.4. The van der Waals surface area contributed by atoms with Gasteiger partial charge in [-0.2, -0.15) is 18.3 Å². The second-order valence-corrected chi connectivity index (χ2v) is 10.4. The predicted molar refractivity (Wildman–Crippen MR) is 127 cm³/mol. The number of amides is 2. The van der Waals surface area contributed by atoms with E-state index in [4.69, 9.17) is 4.74 Å². The first-order chi connectivity index (χ1) is 17.8. The smallest absolute Gasteiger partial charge is 0.373 e. The van der Waals surface area contributed by atoms with Gasteiger partial charge in [0.1, 0.15) is 5.69 Å². The fraction of sp³-hybridized carbons (Fsp3) is 0.583. The Morgan fingerprint density at radius 2 is 1.95 bits per heavy atom. The molecule has 2 amide bonds. The van der Waals surface area contributed by atoms with Crippen LogP contribution in [0.2, 0.25) is 0 Å².